The van der Waals surface area contributed by atoms with Crippen molar-refractivity contribution in [2.75, 3.05) is 0 Å². The van der Waals surface area contributed by atoms with Gasteiger partial charge in [-0.25, -0.2) is 79.7 Å². The van der Waals surface area contributed by atoms with E-state index in [1.54, 1.807) is 0 Å². The first-order valence-corrected chi connectivity index (χ1v) is 66.7. The van der Waals surface area contributed by atoms with E-state index >= 15 is 0 Å². The van der Waals surface area contributed by atoms with Crippen LogP contribution in [0.2, 0.25) is 0 Å². The number of hydrogen-bond donors (Lipinski definition) is 0. The van der Waals surface area contributed by atoms with Gasteiger partial charge in [-0.2, -0.15) is 0 Å². The molecule has 754 valence electrons. The molecule has 16 nitrogen and oxygen atoms in total. The van der Waals surface area contributed by atoms with E-state index in [0.717, 1.165) is 176 Å². The third kappa shape index (κ3) is 25.4. The summed E-state index contributed by atoms with van der Waals surface area (Å²) < 4.78 is 16.5. The molecule has 0 unspecified atom stereocenters. The predicted octanol–water partition coefficient (Wildman–Crippen LogP) is 37.1. The number of halogens is 16. The van der Waals surface area contributed by atoms with Crippen molar-refractivity contribution in [3.63, 3.8) is 0 Å². The number of pyridine rings is 16. The normalized spacial score (nSPS) is 14.0. The lowest BCUT2D eigenvalue weighted by molar-refractivity contribution is 0.413. The van der Waals surface area contributed by atoms with E-state index < -0.39 is 0 Å². The van der Waals surface area contributed by atoms with Crippen LogP contribution < -0.4 is 0 Å². The van der Waals surface area contributed by atoms with Gasteiger partial charge in [0.1, 0.15) is 59.2 Å². The Bertz CT molecular complexity index is 7230. The largest absolute Gasteiger partial charge is 0.240 e. The molecule has 0 bridgehead atoms. The summed E-state index contributed by atoms with van der Waals surface area (Å²) >= 11 is 36.3. The van der Waals surface area contributed by atoms with Crippen molar-refractivity contribution in [2.45, 2.75) is 225 Å². The van der Waals surface area contributed by atoms with Gasteiger partial charge in [-0.15, -0.1) is 0 Å². The van der Waals surface area contributed by atoms with E-state index in [1.807, 2.05) is 0 Å². The van der Waals surface area contributed by atoms with E-state index in [0.29, 0.717) is 23.7 Å². The van der Waals surface area contributed by atoms with Crippen molar-refractivity contribution < 1.29 is 0 Å². The van der Waals surface area contributed by atoms with Gasteiger partial charge in [-0.3, -0.25) is 0 Å². The second-order valence-corrected chi connectivity index (χ2v) is 55.4. The molecule has 0 aromatic carbocycles. The maximum atomic E-state index is 4.87. The lowest BCUT2D eigenvalue weighted by Crippen LogP contribution is -2.25. The lowest BCUT2D eigenvalue weighted by atomic mass is 9.71. The second-order valence-electron chi connectivity index (χ2n) is 37.7. The van der Waals surface area contributed by atoms with Gasteiger partial charge in [-0.1, -0.05) is 231 Å². The van der Waals surface area contributed by atoms with Crippen LogP contribution in [0.4, 0.5) is 0 Å². The number of unbranched alkanes of at least 4 members (excludes halogenated alkanes) is 6. The fourth-order valence-electron chi connectivity index (χ4n) is 21.5. The number of nitrogens with zero attached hydrogens (tertiary/aromatic N) is 16. The zero-order valence-corrected chi connectivity index (χ0v) is 117. The van der Waals surface area contributed by atoms with Crippen LogP contribution in [0, 0.1) is 59.2 Å². The minimum absolute atomic E-state index is 0.0132. The molecular formula is C115H102I16N16. The number of fused-ring (bicyclic) bond motifs is 24. The second kappa shape index (κ2) is 52.0. The van der Waals surface area contributed by atoms with Crippen LogP contribution in [0.15, 0.2) is 194 Å². The molecule has 16 aromatic heterocycles. The first kappa shape index (κ1) is 116. The molecule has 0 spiro atoms. The molecule has 0 fully saturated rings. The van der Waals surface area contributed by atoms with Gasteiger partial charge in [0.2, 0.25) is 0 Å². The van der Waals surface area contributed by atoms with Crippen molar-refractivity contribution in [3.8, 4) is 91.1 Å². The quantitative estimate of drug-likeness (QED) is 0.0472. The highest BCUT2D eigenvalue weighted by atomic mass is 127. The standard InChI is InChI=1S/C19H22I2N2.C17H18I2N2.2C15H14I2N2.2C13H10I2N2.C12H8I2N2.C11H6I2N2/c1-3-5-11-19(12-6-4-2)13-7-9-15(20)22-17(13)18-14(19)8-10-16(21)23-18;1-2-3-4-5-6-11-12-7-9-14(18)20-16(12)17-13(11)8-10-15(19)21-17;1-3-15(4-2)9-5-7-11(16)18-13(9)14-10(15)6-8-12(17)19-14;1-2-3-4-9-10-5-7-12(16)18-14(10)15-11(9)6-8-13(17)19-15;1-13(2)7-3-5-9(14)16-11(7)12-8(13)4-6-10(15)17-12;1-2-7-8-3-5-10(14)16-12(8)13-9(7)4-6-11(15)17-13;1-6-7-2-4-9(13)15-11(7)12-8(6)3-5-10(14)16-12;12-8-3-1-6-5-7-2-4-9(13)15-11(7)10(6)14-8/h7-10H,3-6,11-12H2,1-2H3;7-11H,2-6H2,1H3;5-8H,3-4H2,1-2H3;5-9H,2-4H2,1H3;3-6H,1-2H3;3-7H,2H2,1H3;2-6H,1H3;1-4H,5H2. The molecule has 16 heterocycles. The Kier molecular flexibility index (Phi) is 41.1. The fraction of sp³-hybridized carbons (Fsp3) is 0.304. The van der Waals surface area contributed by atoms with Gasteiger partial charge in [0.05, 0.1) is 91.1 Å². The Hall–Kier alpha value is -1.92. The highest BCUT2D eigenvalue weighted by molar-refractivity contribution is 14.1. The van der Waals surface area contributed by atoms with E-state index in [2.05, 4.69) is 665 Å². The van der Waals surface area contributed by atoms with Gasteiger partial charge in [0.25, 0.3) is 0 Å². The van der Waals surface area contributed by atoms with E-state index in [4.69, 9.17) is 39.9 Å². The summed E-state index contributed by atoms with van der Waals surface area (Å²) in [5.74, 6) is 1.85. The molecule has 0 amide bonds. The zero-order chi connectivity index (χ0) is 104. The summed E-state index contributed by atoms with van der Waals surface area (Å²) in [5, 5.41) is 0. The molecule has 0 aliphatic heterocycles. The molecule has 0 saturated heterocycles. The van der Waals surface area contributed by atoms with Crippen molar-refractivity contribution in [3.05, 3.63) is 342 Å². The molecule has 16 aromatic rings. The predicted molar refractivity (Wildman–Crippen MR) is 731 cm³/mol. The summed E-state index contributed by atoms with van der Waals surface area (Å²) in [6.07, 6.45) is 21.8. The third-order valence-corrected chi connectivity index (χ3v) is 38.3. The maximum absolute atomic E-state index is 4.87. The summed E-state index contributed by atoms with van der Waals surface area (Å²) in [6.45, 7) is 22.5. The topological polar surface area (TPSA) is 206 Å². The van der Waals surface area contributed by atoms with E-state index in [1.165, 1.54) is 179 Å². The van der Waals surface area contributed by atoms with Crippen LogP contribution in [0.1, 0.15) is 291 Å². The molecule has 147 heavy (non-hydrogen) atoms. The van der Waals surface area contributed by atoms with Crippen LogP contribution in [0.25, 0.3) is 91.1 Å². The van der Waals surface area contributed by atoms with Crippen LogP contribution in [0.5, 0.6) is 0 Å². The summed E-state index contributed by atoms with van der Waals surface area (Å²) in [6, 6.07) is 69.0. The highest BCUT2D eigenvalue weighted by Gasteiger charge is 2.47. The zero-order valence-electron chi connectivity index (χ0n) is 82.2. The molecule has 0 atom stereocenters. The minimum atomic E-state index is 0.0132. The molecular weight excluding hydrogens is 3640 g/mol. The Balaban J connectivity index is 0.000000115. The number of aromatic nitrogens is 16. The van der Waals surface area contributed by atoms with Gasteiger partial charge < -0.3 is 0 Å². The lowest BCUT2D eigenvalue weighted by Gasteiger charge is -2.32. The van der Waals surface area contributed by atoms with Crippen molar-refractivity contribution in [1.29, 1.82) is 0 Å². The van der Waals surface area contributed by atoms with Crippen molar-refractivity contribution >= 4 is 361 Å². The smallest absolute Gasteiger partial charge is 0.102 e. The molecule has 8 aliphatic carbocycles. The Morgan fingerprint density at radius 2 is 0.422 bits per heavy atom. The van der Waals surface area contributed by atoms with E-state index in [-0.39, 0.29) is 16.2 Å². The maximum Gasteiger partial charge on any atom is 0.102 e. The monoisotopic (exact) mass is 3740 g/mol. The molecule has 0 saturated carbocycles. The summed E-state index contributed by atoms with van der Waals surface area (Å²) in [4.78, 5) is 75.1. The van der Waals surface area contributed by atoms with Gasteiger partial charge in [-0.05, 0) is 592 Å². The first-order valence-electron chi connectivity index (χ1n) is 49.4. The summed E-state index contributed by atoms with van der Waals surface area (Å²) in [7, 11) is 0. The molecule has 8 aliphatic rings. The minimum Gasteiger partial charge on any atom is -0.240 e. The Morgan fingerprint density at radius 1 is 0.211 bits per heavy atom. The highest BCUT2D eigenvalue weighted by Crippen LogP contribution is 2.57. The Morgan fingerprint density at radius 3 is 0.687 bits per heavy atom. The SMILES string of the molecule is CC1(C)c2ccc(I)nc2-c2nc(I)ccc21.CC1c2ccc(I)nc2-c2nc(I)ccc21.CCC1(CC)c2ccc(I)nc2-c2nc(I)ccc21.CCC1c2ccc(I)nc2-c2nc(I)ccc21.CCCCC1(CCCC)c2ccc(I)nc2-c2nc(I)ccc21.CCCCC1c2ccc(I)nc2-c2nc(I)ccc21.CCCCCCC1c2ccc(I)nc2-c2nc(I)ccc21.Ic1ccc2c(n1)-c1nc(I)ccc1C2. The van der Waals surface area contributed by atoms with Crippen LogP contribution in [-0.4, -0.2) is 79.7 Å². The molecule has 32 heteroatoms. The van der Waals surface area contributed by atoms with Crippen LogP contribution in [-0.2, 0) is 22.7 Å². The molecule has 24 rings (SSSR count). The van der Waals surface area contributed by atoms with Gasteiger partial charge in [0, 0.05) is 46.3 Å². The first-order chi connectivity index (χ1) is 70.7. The molecule has 0 radical (unpaired) electrons. The van der Waals surface area contributed by atoms with Crippen LogP contribution >= 0.6 is 361 Å². The molecule has 0 N–H and O–H groups in total. The third-order valence-electron chi connectivity index (χ3n) is 28.7. The van der Waals surface area contributed by atoms with Crippen molar-refractivity contribution in [1.82, 2.24) is 79.7 Å². The number of hydrogen-bond acceptors (Lipinski definition) is 16. The van der Waals surface area contributed by atoms with Crippen LogP contribution in [0.3, 0.4) is 0 Å². The Labute approximate surface area is 1080 Å². The fourth-order valence-corrected chi connectivity index (χ4v) is 28.3. The summed E-state index contributed by atoms with van der Waals surface area (Å²) in [5.41, 5.74) is 39.0. The van der Waals surface area contributed by atoms with E-state index in [9.17, 15) is 0 Å². The van der Waals surface area contributed by atoms with Crippen molar-refractivity contribution in [2.24, 2.45) is 0 Å². The number of rotatable bonds is 17. The average Bonchev–Trinajstić information content (AvgIpc) is 1.56. The van der Waals surface area contributed by atoms with Gasteiger partial charge in [0.15, 0.2) is 0 Å². The van der Waals surface area contributed by atoms with Gasteiger partial charge >= 0.3 is 0 Å². The average molecular weight is 3740 g/mol.